The molecule has 1 nitrogen and oxygen atoms in total. The minimum Gasteiger partial charge on any atom is -0.307 e. The first-order chi connectivity index (χ1) is 3.00. The largest absolute Gasteiger partial charge is 0.559 e. The van der Waals surface area contributed by atoms with E-state index in [9.17, 15) is 17.6 Å². The van der Waals surface area contributed by atoms with Gasteiger partial charge >= 0.3 is 6.43 Å². The molecule has 0 aromatic rings. The van der Waals surface area contributed by atoms with Crippen LogP contribution in [-0.4, -0.2) is 13.2 Å². The number of carbonyl (C=O) groups is 1. The molecule has 0 saturated heterocycles. The standard InChI is InChI=1S/CF4.CH2O/c2-1(3,4)5;1-2/h;1H2. The fraction of sp³-hybridized carbons (Fsp3) is 0.500. The third kappa shape index (κ3) is 166. The quantitative estimate of drug-likeness (QED) is 0.438. The van der Waals surface area contributed by atoms with Gasteiger partial charge in [0.2, 0.25) is 0 Å². The van der Waals surface area contributed by atoms with Crippen LogP contribution < -0.4 is 0 Å². The van der Waals surface area contributed by atoms with Crippen molar-refractivity contribution < 1.29 is 22.4 Å². The molecule has 0 aromatic heterocycles. The van der Waals surface area contributed by atoms with Gasteiger partial charge < -0.3 is 4.79 Å². The molecule has 0 aliphatic carbocycles. The molecule has 0 aliphatic heterocycles. The van der Waals surface area contributed by atoms with Gasteiger partial charge in [-0.2, -0.15) is 0 Å². The molecular weight excluding hydrogens is 116 g/mol. The van der Waals surface area contributed by atoms with Crippen LogP contribution in [0.3, 0.4) is 0 Å². The third-order valence-electron chi connectivity index (χ3n) is 0. The van der Waals surface area contributed by atoms with E-state index in [0.29, 0.717) is 0 Å². The van der Waals surface area contributed by atoms with Crippen LogP contribution in [0.2, 0.25) is 0 Å². The molecule has 0 heterocycles. The number of hydrogen-bond donors (Lipinski definition) is 0. The molecule has 0 rings (SSSR count). The zero-order valence-electron chi connectivity index (χ0n) is 3.13. The van der Waals surface area contributed by atoms with Crippen LogP contribution in [0.4, 0.5) is 17.6 Å². The van der Waals surface area contributed by atoms with Crippen molar-refractivity contribution in [2.45, 2.75) is 6.43 Å². The second-order valence-corrected chi connectivity index (χ2v) is 0.429. The van der Waals surface area contributed by atoms with Gasteiger partial charge in [-0.15, -0.1) is 17.6 Å². The maximum absolute atomic E-state index is 9.69. The van der Waals surface area contributed by atoms with Gasteiger partial charge in [-0.05, 0) is 0 Å². The van der Waals surface area contributed by atoms with Crippen LogP contribution >= 0.6 is 0 Å². The number of carbonyl (C=O) groups excluding carboxylic acids is 1. The Bertz CT molecular complexity index is 33.4. The lowest BCUT2D eigenvalue weighted by Crippen LogP contribution is -1.92. The van der Waals surface area contributed by atoms with Crippen LogP contribution in [0, 0.1) is 0 Å². The zero-order valence-corrected chi connectivity index (χ0v) is 3.13. The Kier molecular flexibility index (Phi) is 4.92. The molecule has 0 aromatic carbocycles. The van der Waals surface area contributed by atoms with Crippen LogP contribution in [0.5, 0.6) is 0 Å². The Morgan fingerprint density at radius 1 is 1.00 bits per heavy atom. The summed E-state index contributed by atoms with van der Waals surface area (Å²) < 4.78 is 38.8. The van der Waals surface area contributed by atoms with Crippen molar-refractivity contribution >= 4 is 6.79 Å². The summed E-state index contributed by atoms with van der Waals surface area (Å²) in [7, 11) is 0. The van der Waals surface area contributed by atoms with E-state index in [0.717, 1.165) is 0 Å². The molecule has 0 radical (unpaired) electrons. The Labute approximate surface area is 36.9 Å². The molecule has 0 atom stereocenters. The topological polar surface area (TPSA) is 17.1 Å². The molecule has 5 heteroatoms. The molecule has 0 aliphatic rings. The van der Waals surface area contributed by atoms with Gasteiger partial charge in [-0.1, -0.05) is 0 Å². The lowest BCUT2D eigenvalue weighted by Gasteiger charge is -1.82. The van der Waals surface area contributed by atoms with Crippen LogP contribution in [0.25, 0.3) is 0 Å². The highest BCUT2D eigenvalue weighted by Gasteiger charge is 2.24. The monoisotopic (exact) mass is 118 g/mol. The van der Waals surface area contributed by atoms with Gasteiger partial charge in [0.15, 0.2) is 0 Å². The molecule has 7 heavy (non-hydrogen) atoms. The summed E-state index contributed by atoms with van der Waals surface area (Å²) in [6.07, 6.45) is -5.50. The molecule has 0 unspecified atom stereocenters. The van der Waals surface area contributed by atoms with Crippen molar-refractivity contribution in [1.82, 2.24) is 0 Å². The fourth-order valence-corrected chi connectivity index (χ4v) is 0. The zero-order chi connectivity index (χ0) is 6.50. The minimum atomic E-state index is -5.50. The van der Waals surface area contributed by atoms with Gasteiger partial charge in [0, 0.05) is 0 Å². The van der Waals surface area contributed by atoms with Crippen LogP contribution in [0.1, 0.15) is 0 Å². The van der Waals surface area contributed by atoms with Crippen molar-refractivity contribution in [3.63, 3.8) is 0 Å². The molecule has 0 N–H and O–H groups in total. The maximum atomic E-state index is 9.69. The highest BCUT2D eigenvalue weighted by molar-refractivity contribution is 5.10. The average Bonchev–Trinajstić information content (AvgIpc) is 1.36. The summed E-state index contributed by atoms with van der Waals surface area (Å²) in [5, 5.41) is 0. The Hall–Kier alpha value is -0.610. The second-order valence-electron chi connectivity index (χ2n) is 0.429. The summed E-state index contributed by atoms with van der Waals surface area (Å²) in [6, 6.07) is 0. The normalized spacial score (nSPS) is 9.14. The van der Waals surface area contributed by atoms with E-state index in [1.807, 2.05) is 6.79 Å². The molecular formula is C2H2F4O. The van der Waals surface area contributed by atoms with E-state index >= 15 is 0 Å². The molecule has 0 fully saturated rings. The molecule has 44 valence electrons. The lowest BCUT2D eigenvalue weighted by atomic mass is 11.5. The van der Waals surface area contributed by atoms with Crippen molar-refractivity contribution in [2.75, 3.05) is 0 Å². The first-order valence-electron chi connectivity index (χ1n) is 1.04. The predicted octanol–water partition coefficient (Wildman–Crippen LogP) is 1.29. The average molecular weight is 118 g/mol. The first-order valence-corrected chi connectivity index (χ1v) is 1.04. The Morgan fingerprint density at radius 3 is 1.00 bits per heavy atom. The third-order valence-corrected chi connectivity index (χ3v) is 0. The van der Waals surface area contributed by atoms with Gasteiger partial charge in [0.05, 0.1) is 0 Å². The van der Waals surface area contributed by atoms with E-state index in [-0.39, 0.29) is 0 Å². The minimum absolute atomic E-state index is 2.00. The molecule has 0 bridgehead atoms. The van der Waals surface area contributed by atoms with E-state index in [1.54, 1.807) is 0 Å². The Morgan fingerprint density at radius 2 is 1.00 bits per heavy atom. The molecule has 0 amide bonds. The van der Waals surface area contributed by atoms with Gasteiger partial charge in [0.25, 0.3) is 0 Å². The SMILES string of the molecule is C=O.FC(F)(F)F. The number of halogens is 4. The fourth-order valence-electron chi connectivity index (χ4n) is 0. The van der Waals surface area contributed by atoms with Crippen molar-refractivity contribution in [3.05, 3.63) is 0 Å². The highest BCUT2D eigenvalue weighted by atomic mass is 19.5. The summed E-state index contributed by atoms with van der Waals surface area (Å²) in [6.45, 7) is 2.00. The summed E-state index contributed by atoms with van der Waals surface area (Å²) >= 11 is 0. The van der Waals surface area contributed by atoms with Gasteiger partial charge in [-0.3, -0.25) is 0 Å². The molecule has 0 saturated carbocycles. The van der Waals surface area contributed by atoms with Crippen LogP contribution in [0.15, 0.2) is 0 Å². The predicted molar refractivity (Wildman–Crippen MR) is 14.3 cm³/mol. The smallest absolute Gasteiger partial charge is 0.307 e. The maximum Gasteiger partial charge on any atom is 0.559 e. The van der Waals surface area contributed by atoms with Crippen molar-refractivity contribution in [1.29, 1.82) is 0 Å². The summed E-state index contributed by atoms with van der Waals surface area (Å²) in [5.41, 5.74) is 0. The van der Waals surface area contributed by atoms with E-state index in [2.05, 4.69) is 0 Å². The highest BCUT2D eigenvalue weighted by Crippen LogP contribution is 2.13. The van der Waals surface area contributed by atoms with Crippen LogP contribution in [-0.2, 0) is 4.79 Å². The molecule has 0 spiro atoms. The Balaban J connectivity index is 0. The van der Waals surface area contributed by atoms with E-state index < -0.39 is 6.43 Å². The summed E-state index contributed by atoms with van der Waals surface area (Å²) in [4.78, 5) is 8.00. The van der Waals surface area contributed by atoms with E-state index in [1.165, 1.54) is 0 Å². The summed E-state index contributed by atoms with van der Waals surface area (Å²) in [5.74, 6) is 0. The van der Waals surface area contributed by atoms with Gasteiger partial charge in [0.1, 0.15) is 6.79 Å². The number of rotatable bonds is 0. The van der Waals surface area contributed by atoms with Gasteiger partial charge in [-0.25, -0.2) is 0 Å². The first kappa shape index (κ1) is 9.63. The lowest BCUT2D eigenvalue weighted by molar-refractivity contribution is -0.237. The van der Waals surface area contributed by atoms with Crippen molar-refractivity contribution in [2.24, 2.45) is 0 Å². The van der Waals surface area contributed by atoms with Crippen molar-refractivity contribution in [3.8, 4) is 0 Å². The van der Waals surface area contributed by atoms with E-state index in [4.69, 9.17) is 4.79 Å². The number of alkyl halides is 4. The number of hydrogen-bond acceptors (Lipinski definition) is 1. The second kappa shape index (κ2) is 3.58.